The zero-order valence-corrected chi connectivity index (χ0v) is 14.6. The number of phenols is 1. The van der Waals surface area contributed by atoms with Crippen LogP contribution in [0.1, 0.15) is 17.3 Å². The number of aromatic nitrogens is 4. The highest BCUT2D eigenvalue weighted by atomic mass is 32.2. The molecule has 0 bridgehead atoms. The average molecular weight is 369 g/mol. The van der Waals surface area contributed by atoms with Crippen LogP contribution in [0.5, 0.6) is 5.75 Å². The van der Waals surface area contributed by atoms with E-state index in [1.54, 1.807) is 36.4 Å². The number of ketones is 1. The van der Waals surface area contributed by atoms with E-state index in [1.807, 2.05) is 0 Å². The van der Waals surface area contributed by atoms with Gasteiger partial charge in [-0.05, 0) is 59.0 Å². The second-order valence-electron chi connectivity index (χ2n) is 5.36. The van der Waals surface area contributed by atoms with E-state index in [9.17, 15) is 14.7 Å². The number of nitrogens with zero attached hydrogens (tertiary/aromatic N) is 4. The van der Waals surface area contributed by atoms with E-state index in [1.165, 1.54) is 35.5 Å². The summed E-state index contributed by atoms with van der Waals surface area (Å²) in [6.45, 7) is 1.42. The fourth-order valence-corrected chi connectivity index (χ4v) is 2.97. The molecule has 0 spiro atoms. The molecule has 0 aliphatic carbocycles. The van der Waals surface area contributed by atoms with Gasteiger partial charge in [0.1, 0.15) is 5.75 Å². The van der Waals surface area contributed by atoms with Gasteiger partial charge in [0.25, 0.3) is 0 Å². The van der Waals surface area contributed by atoms with Crippen LogP contribution in [0.25, 0.3) is 5.69 Å². The van der Waals surface area contributed by atoms with Crippen LogP contribution in [0.2, 0.25) is 0 Å². The number of rotatable bonds is 6. The number of hydrogen-bond donors (Lipinski definition) is 2. The Kier molecular flexibility index (Phi) is 5.28. The molecule has 0 unspecified atom stereocenters. The molecule has 0 saturated carbocycles. The number of thioether (sulfide) groups is 1. The standard InChI is InChI=1S/C17H15N5O3S/c1-11(23)18-13-4-2-12(3-5-13)16(25)10-26-17-19-20-21-22(17)14-6-8-15(24)9-7-14/h2-9,24H,10H2,1H3,(H,18,23). The van der Waals surface area contributed by atoms with Crippen LogP contribution >= 0.6 is 11.8 Å². The third kappa shape index (κ3) is 4.25. The lowest BCUT2D eigenvalue weighted by molar-refractivity contribution is -0.114. The van der Waals surface area contributed by atoms with E-state index >= 15 is 0 Å². The van der Waals surface area contributed by atoms with Gasteiger partial charge >= 0.3 is 0 Å². The lowest BCUT2D eigenvalue weighted by Crippen LogP contribution is -2.07. The molecule has 132 valence electrons. The molecule has 0 radical (unpaired) electrons. The quantitative estimate of drug-likeness (QED) is 0.507. The number of amides is 1. The summed E-state index contributed by atoms with van der Waals surface area (Å²) in [6.07, 6.45) is 0. The van der Waals surface area contributed by atoms with E-state index < -0.39 is 0 Å². The first-order valence-electron chi connectivity index (χ1n) is 7.64. The topological polar surface area (TPSA) is 110 Å². The zero-order valence-electron chi connectivity index (χ0n) is 13.8. The molecule has 1 heterocycles. The van der Waals surface area contributed by atoms with Crippen LogP contribution in [0.3, 0.4) is 0 Å². The van der Waals surface area contributed by atoms with Crippen molar-refractivity contribution >= 4 is 29.1 Å². The summed E-state index contributed by atoms with van der Waals surface area (Å²) in [5.74, 6) is 0.0667. The monoisotopic (exact) mass is 369 g/mol. The van der Waals surface area contributed by atoms with Crippen LogP contribution in [-0.4, -0.2) is 42.8 Å². The summed E-state index contributed by atoms with van der Waals surface area (Å²) >= 11 is 1.22. The van der Waals surface area contributed by atoms with Gasteiger partial charge in [-0.1, -0.05) is 11.8 Å². The number of benzene rings is 2. The number of hydrogen-bond acceptors (Lipinski definition) is 7. The molecule has 9 heteroatoms. The normalized spacial score (nSPS) is 10.5. The first kappa shape index (κ1) is 17.6. The number of phenolic OH excluding ortho intramolecular Hbond substituents is 1. The van der Waals surface area contributed by atoms with Crippen molar-refractivity contribution in [2.75, 3.05) is 11.1 Å². The highest BCUT2D eigenvalue weighted by molar-refractivity contribution is 7.99. The van der Waals surface area contributed by atoms with Crippen molar-refractivity contribution in [1.82, 2.24) is 20.2 Å². The Hall–Kier alpha value is -3.20. The zero-order chi connectivity index (χ0) is 18.5. The van der Waals surface area contributed by atoms with Crippen molar-refractivity contribution in [3.8, 4) is 11.4 Å². The molecule has 1 amide bonds. The number of nitrogens with one attached hydrogen (secondary N) is 1. The molecule has 2 N–H and O–H groups in total. The lowest BCUT2D eigenvalue weighted by atomic mass is 10.1. The van der Waals surface area contributed by atoms with Gasteiger partial charge < -0.3 is 10.4 Å². The maximum absolute atomic E-state index is 12.3. The minimum atomic E-state index is -0.166. The number of carbonyl (C=O) groups is 2. The Balaban J connectivity index is 1.66. The molecular weight excluding hydrogens is 354 g/mol. The van der Waals surface area contributed by atoms with Crippen molar-refractivity contribution in [3.63, 3.8) is 0 Å². The summed E-state index contributed by atoms with van der Waals surface area (Å²) in [4.78, 5) is 23.4. The van der Waals surface area contributed by atoms with Crippen LogP contribution in [-0.2, 0) is 4.79 Å². The number of aromatic hydroxyl groups is 1. The minimum Gasteiger partial charge on any atom is -0.508 e. The Labute approximate surface area is 153 Å². The molecule has 0 aliphatic heterocycles. The predicted molar refractivity (Wildman–Crippen MR) is 96.6 cm³/mol. The fourth-order valence-electron chi connectivity index (χ4n) is 2.18. The average Bonchev–Trinajstić information content (AvgIpc) is 3.09. The smallest absolute Gasteiger partial charge is 0.221 e. The Morgan fingerprint density at radius 3 is 2.46 bits per heavy atom. The van der Waals surface area contributed by atoms with E-state index in [2.05, 4.69) is 20.8 Å². The second kappa shape index (κ2) is 7.79. The van der Waals surface area contributed by atoms with Crippen molar-refractivity contribution in [3.05, 3.63) is 54.1 Å². The molecule has 1 aromatic heterocycles. The maximum Gasteiger partial charge on any atom is 0.221 e. The third-order valence-electron chi connectivity index (χ3n) is 3.39. The summed E-state index contributed by atoms with van der Waals surface area (Å²) in [7, 11) is 0. The van der Waals surface area contributed by atoms with Gasteiger partial charge in [0.15, 0.2) is 5.78 Å². The minimum absolute atomic E-state index is 0.0790. The molecule has 0 atom stereocenters. The number of Topliss-reactive ketones (excluding diaryl/α,β-unsaturated/α-hetero) is 1. The molecule has 8 nitrogen and oxygen atoms in total. The molecular formula is C17H15N5O3S. The van der Waals surface area contributed by atoms with Gasteiger partial charge in [0, 0.05) is 18.2 Å². The van der Waals surface area contributed by atoms with Gasteiger partial charge in [-0.15, -0.1) is 5.10 Å². The molecule has 0 aliphatic rings. The number of anilines is 1. The summed E-state index contributed by atoms with van der Waals surface area (Å²) in [5.41, 5.74) is 1.86. The molecule has 0 fully saturated rings. The van der Waals surface area contributed by atoms with Crippen molar-refractivity contribution < 1.29 is 14.7 Å². The molecule has 26 heavy (non-hydrogen) atoms. The number of tetrazole rings is 1. The maximum atomic E-state index is 12.3. The number of carbonyl (C=O) groups excluding carboxylic acids is 2. The Morgan fingerprint density at radius 1 is 1.12 bits per heavy atom. The summed E-state index contributed by atoms with van der Waals surface area (Å²) in [6, 6.07) is 13.1. The van der Waals surface area contributed by atoms with Gasteiger partial charge in [-0.2, -0.15) is 4.68 Å². The summed E-state index contributed by atoms with van der Waals surface area (Å²) < 4.78 is 1.50. The molecule has 2 aromatic carbocycles. The van der Waals surface area contributed by atoms with Gasteiger partial charge in [-0.3, -0.25) is 9.59 Å². The summed E-state index contributed by atoms with van der Waals surface area (Å²) in [5, 5.41) is 24.0. The molecule has 3 aromatic rings. The van der Waals surface area contributed by atoms with E-state index in [-0.39, 0.29) is 23.2 Å². The SMILES string of the molecule is CC(=O)Nc1ccc(C(=O)CSc2nnnn2-c2ccc(O)cc2)cc1. The van der Waals surface area contributed by atoms with Gasteiger partial charge in [0.2, 0.25) is 11.1 Å². The highest BCUT2D eigenvalue weighted by Crippen LogP contribution is 2.21. The highest BCUT2D eigenvalue weighted by Gasteiger charge is 2.13. The van der Waals surface area contributed by atoms with Crippen LogP contribution in [0.15, 0.2) is 53.7 Å². The lowest BCUT2D eigenvalue weighted by Gasteiger charge is -2.05. The van der Waals surface area contributed by atoms with Crippen molar-refractivity contribution in [1.29, 1.82) is 0 Å². The van der Waals surface area contributed by atoms with Crippen molar-refractivity contribution in [2.24, 2.45) is 0 Å². The van der Waals surface area contributed by atoms with Crippen LogP contribution in [0.4, 0.5) is 5.69 Å². The molecule has 0 saturated heterocycles. The van der Waals surface area contributed by atoms with Crippen LogP contribution < -0.4 is 5.32 Å². The van der Waals surface area contributed by atoms with E-state index in [0.29, 0.717) is 22.1 Å². The second-order valence-corrected chi connectivity index (χ2v) is 6.30. The van der Waals surface area contributed by atoms with Crippen molar-refractivity contribution in [2.45, 2.75) is 12.1 Å². The van der Waals surface area contributed by atoms with E-state index in [0.717, 1.165) is 0 Å². The van der Waals surface area contributed by atoms with E-state index in [4.69, 9.17) is 0 Å². The van der Waals surface area contributed by atoms with Crippen LogP contribution in [0, 0.1) is 0 Å². The Morgan fingerprint density at radius 2 is 1.81 bits per heavy atom. The van der Waals surface area contributed by atoms with Gasteiger partial charge in [-0.25, -0.2) is 0 Å². The van der Waals surface area contributed by atoms with Gasteiger partial charge in [0.05, 0.1) is 11.4 Å². The first-order valence-corrected chi connectivity index (χ1v) is 8.63. The largest absolute Gasteiger partial charge is 0.508 e. The molecule has 3 rings (SSSR count). The first-order chi connectivity index (χ1) is 12.5. The fraction of sp³-hybridized carbons (Fsp3) is 0.118. The third-order valence-corrected chi connectivity index (χ3v) is 4.31. The Bertz CT molecular complexity index is 922. The predicted octanol–water partition coefficient (Wildman–Crippen LogP) is 2.30.